The van der Waals surface area contributed by atoms with E-state index in [4.69, 9.17) is 9.47 Å². The monoisotopic (exact) mass is 418 g/mol. The van der Waals surface area contributed by atoms with Gasteiger partial charge in [0.2, 0.25) is 15.9 Å². The highest BCUT2D eigenvalue weighted by atomic mass is 32.2. The minimum absolute atomic E-state index is 0.0763. The molecule has 1 fully saturated rings. The lowest BCUT2D eigenvalue weighted by molar-refractivity contribution is -0.117. The fraction of sp³-hybridized carbons (Fsp3) is 0.381. The third-order valence-electron chi connectivity index (χ3n) is 5.13. The highest BCUT2D eigenvalue weighted by Crippen LogP contribution is 2.30. The van der Waals surface area contributed by atoms with E-state index in [-0.39, 0.29) is 17.3 Å². The number of carbonyl (C=O) groups excluding carboxylic acids is 1. The van der Waals surface area contributed by atoms with Gasteiger partial charge < -0.3 is 14.4 Å². The maximum atomic E-state index is 13.1. The highest BCUT2D eigenvalue weighted by molar-refractivity contribution is 7.89. The van der Waals surface area contributed by atoms with Crippen LogP contribution in [0.15, 0.2) is 41.3 Å². The first-order chi connectivity index (χ1) is 13.8. The summed E-state index contributed by atoms with van der Waals surface area (Å²) in [4.78, 5) is 13.9. The number of ether oxygens (including phenoxy) is 2. The molecule has 1 heterocycles. The van der Waals surface area contributed by atoms with E-state index in [2.05, 4.69) is 0 Å². The normalized spacial score (nSPS) is 14.5. The van der Waals surface area contributed by atoms with Gasteiger partial charge in [-0.15, -0.1) is 0 Å². The third kappa shape index (κ3) is 4.23. The van der Waals surface area contributed by atoms with Gasteiger partial charge in [-0.3, -0.25) is 4.79 Å². The van der Waals surface area contributed by atoms with Crippen molar-refractivity contribution in [3.8, 4) is 11.5 Å². The SMILES string of the molecule is COc1ccc(CN(C)S(=O)(=O)c2ccc(N3CCCC3=O)c(C)c2)c(OC)c1. The van der Waals surface area contributed by atoms with E-state index in [1.165, 1.54) is 18.5 Å². The topological polar surface area (TPSA) is 76.2 Å². The lowest BCUT2D eigenvalue weighted by Crippen LogP contribution is -2.27. The fourth-order valence-corrected chi connectivity index (χ4v) is 4.72. The first-order valence-electron chi connectivity index (χ1n) is 9.36. The van der Waals surface area contributed by atoms with Crippen LogP contribution in [-0.2, 0) is 21.4 Å². The van der Waals surface area contributed by atoms with Gasteiger partial charge in [0.05, 0.1) is 19.1 Å². The molecule has 1 saturated heterocycles. The number of amides is 1. The maximum Gasteiger partial charge on any atom is 0.243 e. The summed E-state index contributed by atoms with van der Waals surface area (Å²) in [7, 11) is 0.921. The lowest BCUT2D eigenvalue weighted by atomic mass is 10.2. The van der Waals surface area contributed by atoms with Gasteiger partial charge in [-0.25, -0.2) is 8.42 Å². The van der Waals surface area contributed by atoms with Crippen molar-refractivity contribution in [2.75, 3.05) is 32.7 Å². The van der Waals surface area contributed by atoms with Crippen LogP contribution in [-0.4, -0.2) is 46.4 Å². The Kier molecular flexibility index (Phi) is 6.14. The van der Waals surface area contributed by atoms with Crippen LogP contribution in [0.5, 0.6) is 11.5 Å². The van der Waals surface area contributed by atoms with Crippen molar-refractivity contribution in [3.05, 3.63) is 47.5 Å². The number of aryl methyl sites for hydroxylation is 1. The van der Waals surface area contributed by atoms with Crippen molar-refractivity contribution in [3.63, 3.8) is 0 Å². The zero-order valence-corrected chi connectivity index (χ0v) is 18.0. The molecule has 0 N–H and O–H groups in total. The van der Waals surface area contributed by atoms with Crippen LogP contribution >= 0.6 is 0 Å². The summed E-state index contributed by atoms with van der Waals surface area (Å²) in [6.07, 6.45) is 1.36. The van der Waals surface area contributed by atoms with Crippen LogP contribution in [0.4, 0.5) is 5.69 Å². The van der Waals surface area contributed by atoms with Gasteiger partial charge in [0.25, 0.3) is 0 Å². The average Bonchev–Trinajstić information content (AvgIpc) is 3.13. The number of sulfonamides is 1. The van der Waals surface area contributed by atoms with E-state index in [0.717, 1.165) is 23.2 Å². The molecular weight excluding hydrogens is 392 g/mol. The molecule has 2 aromatic carbocycles. The number of hydrogen-bond acceptors (Lipinski definition) is 5. The van der Waals surface area contributed by atoms with Crippen molar-refractivity contribution < 1.29 is 22.7 Å². The van der Waals surface area contributed by atoms with Crippen molar-refractivity contribution in [2.45, 2.75) is 31.2 Å². The van der Waals surface area contributed by atoms with Gasteiger partial charge in [0.1, 0.15) is 11.5 Å². The molecule has 0 saturated carbocycles. The summed E-state index contributed by atoms with van der Waals surface area (Å²) in [6.45, 7) is 2.65. The molecule has 0 radical (unpaired) electrons. The largest absolute Gasteiger partial charge is 0.497 e. The van der Waals surface area contributed by atoms with E-state index < -0.39 is 10.0 Å². The summed E-state index contributed by atoms with van der Waals surface area (Å²) >= 11 is 0. The van der Waals surface area contributed by atoms with Gasteiger partial charge in [-0.2, -0.15) is 4.31 Å². The Hall–Kier alpha value is -2.58. The Bertz CT molecular complexity index is 1020. The van der Waals surface area contributed by atoms with E-state index >= 15 is 0 Å². The fourth-order valence-electron chi connectivity index (χ4n) is 3.48. The summed E-state index contributed by atoms with van der Waals surface area (Å²) in [5, 5.41) is 0. The number of hydrogen-bond donors (Lipinski definition) is 0. The van der Waals surface area contributed by atoms with Crippen molar-refractivity contribution in [1.82, 2.24) is 4.31 Å². The molecule has 0 aliphatic carbocycles. The van der Waals surface area contributed by atoms with E-state index in [1.807, 2.05) is 6.92 Å². The van der Waals surface area contributed by atoms with Crippen LogP contribution in [0.2, 0.25) is 0 Å². The quantitative estimate of drug-likeness (QED) is 0.691. The standard InChI is InChI=1S/C21H26N2O5S/c1-15-12-18(9-10-19(15)23-11-5-6-21(23)24)29(25,26)22(2)14-16-7-8-17(27-3)13-20(16)28-4/h7-10,12-13H,5-6,11,14H2,1-4H3. The third-order valence-corrected chi connectivity index (χ3v) is 6.93. The van der Waals surface area contributed by atoms with Crippen molar-refractivity contribution >= 4 is 21.6 Å². The Labute approximate surface area is 171 Å². The lowest BCUT2D eigenvalue weighted by Gasteiger charge is -2.22. The summed E-state index contributed by atoms with van der Waals surface area (Å²) in [6, 6.07) is 10.2. The van der Waals surface area contributed by atoms with Gasteiger partial charge in [0.15, 0.2) is 0 Å². The van der Waals surface area contributed by atoms with E-state index in [9.17, 15) is 13.2 Å². The highest BCUT2D eigenvalue weighted by Gasteiger charge is 2.26. The summed E-state index contributed by atoms with van der Waals surface area (Å²) in [5.41, 5.74) is 2.26. The molecular formula is C21H26N2O5S. The molecule has 1 aliphatic heterocycles. The van der Waals surface area contributed by atoms with Crippen LogP contribution < -0.4 is 14.4 Å². The van der Waals surface area contributed by atoms with Crippen LogP contribution in [0.1, 0.15) is 24.0 Å². The first-order valence-corrected chi connectivity index (χ1v) is 10.8. The van der Waals surface area contributed by atoms with E-state index in [1.54, 1.807) is 48.4 Å². The molecule has 2 aromatic rings. The van der Waals surface area contributed by atoms with Crippen LogP contribution in [0.25, 0.3) is 0 Å². The summed E-state index contributed by atoms with van der Waals surface area (Å²) in [5.74, 6) is 1.27. The van der Waals surface area contributed by atoms with Crippen molar-refractivity contribution in [2.24, 2.45) is 0 Å². The van der Waals surface area contributed by atoms with Crippen LogP contribution in [0, 0.1) is 6.92 Å². The zero-order valence-electron chi connectivity index (χ0n) is 17.1. The summed E-state index contributed by atoms with van der Waals surface area (Å²) < 4.78 is 38.0. The van der Waals surface area contributed by atoms with Crippen molar-refractivity contribution in [1.29, 1.82) is 0 Å². The second-order valence-electron chi connectivity index (χ2n) is 7.04. The minimum Gasteiger partial charge on any atom is -0.497 e. The number of nitrogens with zero attached hydrogens (tertiary/aromatic N) is 2. The number of anilines is 1. The molecule has 29 heavy (non-hydrogen) atoms. The first kappa shape index (κ1) is 21.1. The number of carbonyl (C=O) groups is 1. The van der Waals surface area contributed by atoms with Gasteiger partial charge in [-0.1, -0.05) is 6.07 Å². The molecule has 1 amide bonds. The molecule has 3 rings (SSSR count). The number of methoxy groups -OCH3 is 2. The Balaban J connectivity index is 1.85. The number of rotatable bonds is 7. The molecule has 1 aliphatic rings. The maximum absolute atomic E-state index is 13.1. The van der Waals surface area contributed by atoms with Crippen LogP contribution in [0.3, 0.4) is 0 Å². The predicted octanol–water partition coefficient (Wildman–Crippen LogP) is 2.96. The smallest absolute Gasteiger partial charge is 0.243 e. The second-order valence-corrected chi connectivity index (χ2v) is 9.08. The van der Waals surface area contributed by atoms with Gasteiger partial charge >= 0.3 is 0 Å². The number of benzene rings is 2. The molecule has 8 heteroatoms. The molecule has 0 aromatic heterocycles. The molecule has 0 bridgehead atoms. The predicted molar refractivity (Wildman–Crippen MR) is 111 cm³/mol. The van der Waals surface area contributed by atoms with Gasteiger partial charge in [0, 0.05) is 43.9 Å². The Morgan fingerprint density at radius 3 is 2.45 bits per heavy atom. The minimum atomic E-state index is -3.71. The Morgan fingerprint density at radius 1 is 1.10 bits per heavy atom. The van der Waals surface area contributed by atoms with Gasteiger partial charge in [-0.05, 0) is 43.2 Å². The molecule has 7 nitrogen and oxygen atoms in total. The molecule has 156 valence electrons. The molecule has 0 spiro atoms. The molecule has 0 atom stereocenters. The second kappa shape index (κ2) is 8.42. The van der Waals surface area contributed by atoms with E-state index in [0.29, 0.717) is 24.5 Å². The molecule has 0 unspecified atom stereocenters. The zero-order chi connectivity index (χ0) is 21.2. The average molecular weight is 419 g/mol. The Morgan fingerprint density at radius 2 is 1.86 bits per heavy atom.